The van der Waals surface area contributed by atoms with Crippen LogP contribution in [0.3, 0.4) is 0 Å². The molecule has 0 fully saturated rings. The number of carboxylic acid groups (broad SMARTS) is 1. The zero-order valence-corrected chi connectivity index (χ0v) is 19.8. The van der Waals surface area contributed by atoms with Crippen LogP contribution in [0.25, 0.3) is 33.5 Å². The number of imidazole rings is 1. The first-order valence-corrected chi connectivity index (χ1v) is 11.4. The summed E-state index contributed by atoms with van der Waals surface area (Å²) in [6, 6.07) is 15.0. The number of aryl methyl sites for hydroxylation is 3. The van der Waals surface area contributed by atoms with Crippen LogP contribution >= 0.6 is 11.6 Å². The lowest BCUT2D eigenvalue weighted by Crippen LogP contribution is -2.08. The molecule has 0 unspecified atom stereocenters. The lowest BCUT2D eigenvalue weighted by Gasteiger charge is -2.08. The van der Waals surface area contributed by atoms with Crippen molar-refractivity contribution in [3.05, 3.63) is 76.2 Å². The van der Waals surface area contributed by atoms with E-state index in [4.69, 9.17) is 26.0 Å². The first-order valence-electron chi connectivity index (χ1n) is 11.0. The molecule has 0 saturated heterocycles. The Morgan fingerprint density at radius 3 is 2.71 bits per heavy atom. The Morgan fingerprint density at radius 2 is 1.94 bits per heavy atom. The molecule has 5 aromatic rings. The number of pyridine rings is 1. The average molecular weight is 475 g/mol. The molecule has 7 nitrogen and oxygen atoms in total. The molecular formula is C26H23ClN4O3. The smallest absolute Gasteiger partial charge is 0.409 e. The lowest BCUT2D eigenvalue weighted by molar-refractivity contribution is 0.210. The molecule has 3 heterocycles. The van der Waals surface area contributed by atoms with Gasteiger partial charge in [0, 0.05) is 23.1 Å². The number of rotatable bonds is 5. The standard InChI is InChI=1S/C26H23ClN4O3/c1-4-21-30-23-14(2)11-15(3)28-25(23)31(21)13-16-9-10-20-18(12-16)22(27)24(34-20)17-7-5-6-8-19(17)29-26(32)33/h5-12,29H,4,13H2,1-3H3,(H,32,33). The minimum atomic E-state index is -1.15. The predicted molar refractivity (Wildman–Crippen MR) is 134 cm³/mol. The average Bonchev–Trinajstić information content (AvgIpc) is 3.31. The number of hydrogen-bond donors (Lipinski definition) is 2. The van der Waals surface area contributed by atoms with Gasteiger partial charge in [-0.05, 0) is 55.3 Å². The molecule has 0 atom stereocenters. The van der Waals surface area contributed by atoms with E-state index in [1.165, 1.54) is 0 Å². The Bertz CT molecular complexity index is 1570. The molecule has 5 rings (SSSR count). The molecular weight excluding hydrogens is 452 g/mol. The number of anilines is 1. The van der Waals surface area contributed by atoms with Gasteiger partial charge in [-0.15, -0.1) is 0 Å². The monoisotopic (exact) mass is 474 g/mol. The van der Waals surface area contributed by atoms with E-state index in [0.717, 1.165) is 45.6 Å². The van der Waals surface area contributed by atoms with E-state index >= 15 is 0 Å². The van der Waals surface area contributed by atoms with Crippen LogP contribution in [0.15, 0.2) is 52.9 Å². The van der Waals surface area contributed by atoms with Crippen molar-refractivity contribution in [3.63, 3.8) is 0 Å². The molecule has 0 aliphatic carbocycles. The highest BCUT2D eigenvalue weighted by atomic mass is 35.5. The number of para-hydroxylation sites is 1. The lowest BCUT2D eigenvalue weighted by atomic mass is 10.1. The molecule has 1 amide bonds. The highest BCUT2D eigenvalue weighted by molar-refractivity contribution is 6.38. The fraction of sp³-hybridized carbons (Fsp3) is 0.192. The van der Waals surface area contributed by atoms with Gasteiger partial charge in [0.05, 0.1) is 17.3 Å². The van der Waals surface area contributed by atoms with Gasteiger partial charge < -0.3 is 14.1 Å². The molecule has 2 aromatic carbocycles. The number of benzene rings is 2. The zero-order valence-electron chi connectivity index (χ0n) is 19.0. The van der Waals surface area contributed by atoms with Crippen molar-refractivity contribution in [1.29, 1.82) is 0 Å². The molecule has 0 saturated carbocycles. The van der Waals surface area contributed by atoms with Gasteiger partial charge in [-0.2, -0.15) is 0 Å². The van der Waals surface area contributed by atoms with Gasteiger partial charge in [-0.3, -0.25) is 5.32 Å². The number of amides is 1. The minimum Gasteiger partial charge on any atom is -0.465 e. The summed E-state index contributed by atoms with van der Waals surface area (Å²) in [5.74, 6) is 1.40. The second-order valence-corrected chi connectivity index (χ2v) is 8.65. The van der Waals surface area contributed by atoms with Crippen LogP contribution in [0.5, 0.6) is 0 Å². The molecule has 172 valence electrons. The van der Waals surface area contributed by atoms with Crippen molar-refractivity contribution in [2.75, 3.05) is 5.32 Å². The Hall–Kier alpha value is -3.84. The largest absolute Gasteiger partial charge is 0.465 e. The first-order chi connectivity index (χ1) is 16.4. The normalized spacial score (nSPS) is 11.4. The summed E-state index contributed by atoms with van der Waals surface area (Å²) in [7, 11) is 0. The molecule has 0 aliphatic rings. The van der Waals surface area contributed by atoms with Crippen molar-refractivity contribution in [2.24, 2.45) is 0 Å². The summed E-state index contributed by atoms with van der Waals surface area (Å²) in [6.07, 6.45) is -0.360. The summed E-state index contributed by atoms with van der Waals surface area (Å²) in [6.45, 7) is 6.74. The molecule has 0 spiro atoms. The van der Waals surface area contributed by atoms with E-state index in [9.17, 15) is 9.90 Å². The van der Waals surface area contributed by atoms with Crippen LogP contribution in [-0.4, -0.2) is 25.7 Å². The van der Waals surface area contributed by atoms with Gasteiger partial charge in [0.2, 0.25) is 0 Å². The van der Waals surface area contributed by atoms with Gasteiger partial charge >= 0.3 is 6.09 Å². The molecule has 0 radical (unpaired) electrons. The number of hydrogen-bond acceptors (Lipinski definition) is 4. The third-order valence-electron chi connectivity index (χ3n) is 5.86. The van der Waals surface area contributed by atoms with Crippen molar-refractivity contribution >= 4 is 45.5 Å². The third kappa shape index (κ3) is 3.78. The number of nitrogens with zero attached hydrogens (tertiary/aromatic N) is 3. The fourth-order valence-corrected chi connectivity index (χ4v) is 4.65. The zero-order chi connectivity index (χ0) is 24.0. The molecule has 2 N–H and O–H groups in total. The van der Waals surface area contributed by atoms with Crippen LogP contribution in [0.4, 0.5) is 10.5 Å². The maximum Gasteiger partial charge on any atom is 0.409 e. The molecule has 8 heteroatoms. The quantitative estimate of drug-likeness (QED) is 0.291. The summed E-state index contributed by atoms with van der Waals surface area (Å²) >= 11 is 6.75. The van der Waals surface area contributed by atoms with E-state index in [1.54, 1.807) is 18.2 Å². The number of carbonyl (C=O) groups is 1. The topological polar surface area (TPSA) is 93.2 Å². The van der Waals surface area contributed by atoms with Crippen LogP contribution in [0.1, 0.15) is 29.6 Å². The summed E-state index contributed by atoms with van der Waals surface area (Å²) in [4.78, 5) is 20.8. The number of nitrogens with one attached hydrogen (secondary N) is 1. The van der Waals surface area contributed by atoms with Crippen molar-refractivity contribution < 1.29 is 14.3 Å². The molecule has 0 bridgehead atoms. The highest BCUT2D eigenvalue weighted by Crippen LogP contribution is 2.40. The Balaban J connectivity index is 1.59. The molecule has 0 aliphatic heterocycles. The molecule has 34 heavy (non-hydrogen) atoms. The van der Waals surface area contributed by atoms with Crippen molar-refractivity contribution in [1.82, 2.24) is 14.5 Å². The van der Waals surface area contributed by atoms with E-state index in [-0.39, 0.29) is 0 Å². The van der Waals surface area contributed by atoms with Crippen molar-refractivity contribution in [2.45, 2.75) is 33.7 Å². The summed E-state index contributed by atoms with van der Waals surface area (Å²) < 4.78 is 8.20. The number of aromatic nitrogens is 3. The first kappa shape index (κ1) is 22.0. The Morgan fingerprint density at radius 1 is 1.15 bits per heavy atom. The van der Waals surface area contributed by atoms with Gasteiger partial charge in [0.25, 0.3) is 0 Å². The van der Waals surface area contributed by atoms with Crippen LogP contribution < -0.4 is 5.32 Å². The third-order valence-corrected chi connectivity index (χ3v) is 6.24. The van der Waals surface area contributed by atoms with E-state index in [1.807, 2.05) is 31.2 Å². The summed E-state index contributed by atoms with van der Waals surface area (Å²) in [5.41, 5.74) is 6.53. The van der Waals surface area contributed by atoms with E-state index in [0.29, 0.717) is 34.2 Å². The number of fused-ring (bicyclic) bond motifs is 2. The van der Waals surface area contributed by atoms with Crippen LogP contribution in [0, 0.1) is 13.8 Å². The minimum absolute atomic E-state index is 0.408. The van der Waals surface area contributed by atoms with Gasteiger partial charge in [0.1, 0.15) is 16.9 Å². The summed E-state index contributed by atoms with van der Waals surface area (Å²) in [5, 5.41) is 12.8. The van der Waals surface area contributed by atoms with Gasteiger partial charge in [-0.25, -0.2) is 14.8 Å². The fourth-order valence-electron chi connectivity index (χ4n) is 4.36. The highest BCUT2D eigenvalue weighted by Gasteiger charge is 2.19. The van der Waals surface area contributed by atoms with E-state index < -0.39 is 6.09 Å². The van der Waals surface area contributed by atoms with Crippen LogP contribution in [-0.2, 0) is 13.0 Å². The molecule has 3 aromatic heterocycles. The second-order valence-electron chi connectivity index (χ2n) is 8.27. The number of furan rings is 1. The van der Waals surface area contributed by atoms with Crippen LogP contribution in [0.2, 0.25) is 5.02 Å². The SMILES string of the molecule is CCc1nc2c(C)cc(C)nc2n1Cc1ccc2oc(-c3ccccc3NC(=O)O)c(Cl)c2c1. The van der Waals surface area contributed by atoms with E-state index in [2.05, 4.69) is 29.8 Å². The Kier molecular flexibility index (Phi) is 5.49. The second kappa shape index (κ2) is 8.50. The van der Waals surface area contributed by atoms with Gasteiger partial charge in [0.15, 0.2) is 11.4 Å². The maximum atomic E-state index is 11.2. The maximum absolute atomic E-state index is 11.2. The van der Waals surface area contributed by atoms with Gasteiger partial charge in [-0.1, -0.05) is 36.7 Å². The number of halogens is 1. The Labute approximate surface area is 201 Å². The predicted octanol–water partition coefficient (Wildman–Crippen LogP) is 6.82. The van der Waals surface area contributed by atoms with Crippen molar-refractivity contribution in [3.8, 4) is 11.3 Å².